The molecule has 0 unspecified atom stereocenters. The van der Waals surface area contributed by atoms with E-state index in [1.54, 1.807) is 25.1 Å². The van der Waals surface area contributed by atoms with Gasteiger partial charge < -0.3 is 14.8 Å². The van der Waals surface area contributed by atoms with E-state index in [4.69, 9.17) is 9.47 Å². The Labute approximate surface area is 146 Å². The fourth-order valence-electron chi connectivity index (χ4n) is 2.84. The smallest absolute Gasteiger partial charge is 0.360 e. The van der Waals surface area contributed by atoms with E-state index in [2.05, 4.69) is 5.32 Å². The zero-order chi connectivity index (χ0) is 18.1. The molecule has 0 spiro atoms. The average molecular weight is 337 g/mol. The van der Waals surface area contributed by atoms with E-state index < -0.39 is 11.9 Å². The van der Waals surface area contributed by atoms with Crippen molar-refractivity contribution in [1.82, 2.24) is 0 Å². The number of hydrogen-bond donors (Lipinski definition) is 1. The lowest BCUT2D eigenvalue weighted by molar-refractivity contribution is -0.133. The van der Waals surface area contributed by atoms with Crippen LogP contribution < -0.4 is 14.8 Å². The zero-order valence-electron chi connectivity index (χ0n) is 14.6. The van der Waals surface area contributed by atoms with Gasteiger partial charge >= 0.3 is 11.9 Å². The number of carbonyl (C=O) groups excluding carboxylic acids is 2. The van der Waals surface area contributed by atoms with E-state index in [0.29, 0.717) is 17.2 Å². The second-order valence-electron chi connectivity index (χ2n) is 6.13. The molecule has 0 amide bonds. The number of rotatable bonds is 2. The van der Waals surface area contributed by atoms with Crippen molar-refractivity contribution < 1.29 is 19.1 Å². The van der Waals surface area contributed by atoms with E-state index in [0.717, 1.165) is 16.7 Å². The number of nitrogens with one attached hydrogen (secondary N) is 1. The van der Waals surface area contributed by atoms with Crippen LogP contribution in [-0.2, 0) is 9.59 Å². The van der Waals surface area contributed by atoms with Gasteiger partial charge in [-0.25, -0.2) is 9.59 Å². The number of ether oxygens (including phenoxy) is 2. The SMILES string of the molecule is CC(C(=O)Oc1c(C)cc(C)cc1C)=C1Nc2ccccc2OC1=O. The number of anilines is 1. The Morgan fingerprint density at radius 2 is 1.72 bits per heavy atom. The molecule has 1 N–H and O–H groups in total. The molecule has 0 fully saturated rings. The summed E-state index contributed by atoms with van der Waals surface area (Å²) in [7, 11) is 0. The molecule has 0 saturated heterocycles. The number of aryl methyl sites for hydroxylation is 3. The highest BCUT2D eigenvalue weighted by Crippen LogP contribution is 2.31. The van der Waals surface area contributed by atoms with Gasteiger partial charge in [0, 0.05) is 0 Å². The van der Waals surface area contributed by atoms with Gasteiger partial charge in [0.2, 0.25) is 0 Å². The lowest BCUT2D eigenvalue weighted by Gasteiger charge is -2.21. The minimum atomic E-state index is -0.606. The highest BCUT2D eigenvalue weighted by atomic mass is 16.5. The summed E-state index contributed by atoms with van der Waals surface area (Å²) in [6.07, 6.45) is 0. The number of para-hydroxylation sites is 2. The van der Waals surface area contributed by atoms with Gasteiger partial charge in [0.1, 0.15) is 11.4 Å². The minimum absolute atomic E-state index is 0.0890. The van der Waals surface area contributed by atoms with Crippen LogP contribution in [0.15, 0.2) is 47.7 Å². The fourth-order valence-corrected chi connectivity index (χ4v) is 2.84. The predicted octanol–water partition coefficient (Wildman–Crippen LogP) is 3.82. The summed E-state index contributed by atoms with van der Waals surface area (Å²) < 4.78 is 10.8. The number of benzene rings is 2. The molecule has 0 atom stereocenters. The van der Waals surface area contributed by atoms with Crippen molar-refractivity contribution in [3.63, 3.8) is 0 Å². The van der Waals surface area contributed by atoms with Crippen molar-refractivity contribution in [3.8, 4) is 11.5 Å². The molecular weight excluding hydrogens is 318 g/mol. The van der Waals surface area contributed by atoms with Crippen LogP contribution in [0.2, 0.25) is 0 Å². The van der Waals surface area contributed by atoms with Gasteiger partial charge in [-0.3, -0.25) is 0 Å². The van der Waals surface area contributed by atoms with Crippen LogP contribution in [-0.4, -0.2) is 11.9 Å². The van der Waals surface area contributed by atoms with Gasteiger partial charge in [-0.15, -0.1) is 0 Å². The van der Waals surface area contributed by atoms with Gasteiger partial charge in [-0.05, 0) is 51.0 Å². The van der Waals surface area contributed by atoms with E-state index >= 15 is 0 Å². The van der Waals surface area contributed by atoms with Crippen LogP contribution in [0.3, 0.4) is 0 Å². The predicted molar refractivity (Wildman–Crippen MR) is 94.7 cm³/mol. The highest BCUT2D eigenvalue weighted by molar-refractivity contribution is 6.05. The molecule has 0 aromatic heterocycles. The van der Waals surface area contributed by atoms with Crippen LogP contribution in [0.5, 0.6) is 11.5 Å². The zero-order valence-corrected chi connectivity index (χ0v) is 14.6. The molecule has 25 heavy (non-hydrogen) atoms. The molecule has 0 aliphatic carbocycles. The van der Waals surface area contributed by atoms with E-state index in [9.17, 15) is 9.59 Å². The minimum Gasteiger partial charge on any atom is -0.423 e. The van der Waals surface area contributed by atoms with Crippen LogP contribution in [0, 0.1) is 20.8 Å². The van der Waals surface area contributed by atoms with Gasteiger partial charge in [-0.2, -0.15) is 0 Å². The summed E-state index contributed by atoms with van der Waals surface area (Å²) >= 11 is 0. The molecule has 0 radical (unpaired) electrons. The Bertz CT molecular complexity index is 889. The Kier molecular flexibility index (Phi) is 4.31. The van der Waals surface area contributed by atoms with E-state index in [1.807, 2.05) is 39.0 Å². The first-order valence-corrected chi connectivity index (χ1v) is 7.96. The Balaban J connectivity index is 1.90. The number of fused-ring (bicyclic) bond motifs is 1. The number of esters is 2. The summed E-state index contributed by atoms with van der Waals surface area (Å²) in [5, 5.41) is 2.96. The third-order valence-electron chi connectivity index (χ3n) is 4.03. The van der Waals surface area contributed by atoms with Crippen molar-refractivity contribution in [1.29, 1.82) is 0 Å². The maximum atomic E-state index is 12.5. The normalized spacial score (nSPS) is 15.0. The quantitative estimate of drug-likeness (QED) is 0.513. The van der Waals surface area contributed by atoms with Gasteiger partial charge in [0.15, 0.2) is 5.75 Å². The molecule has 3 rings (SSSR count). The van der Waals surface area contributed by atoms with Crippen LogP contribution in [0.4, 0.5) is 5.69 Å². The van der Waals surface area contributed by atoms with Crippen molar-refractivity contribution in [2.24, 2.45) is 0 Å². The van der Waals surface area contributed by atoms with Crippen molar-refractivity contribution >= 4 is 17.6 Å². The summed E-state index contributed by atoms with van der Waals surface area (Å²) in [6, 6.07) is 10.9. The first kappa shape index (κ1) is 16.8. The van der Waals surface area contributed by atoms with E-state index in [-0.39, 0.29) is 11.3 Å². The monoisotopic (exact) mass is 337 g/mol. The molecule has 1 heterocycles. The van der Waals surface area contributed by atoms with Gasteiger partial charge in [-0.1, -0.05) is 29.8 Å². The molecule has 0 saturated carbocycles. The second kappa shape index (κ2) is 6.43. The molecule has 1 aliphatic rings. The van der Waals surface area contributed by atoms with E-state index in [1.165, 1.54) is 0 Å². The summed E-state index contributed by atoms with van der Waals surface area (Å²) in [6.45, 7) is 7.29. The number of hydrogen-bond acceptors (Lipinski definition) is 5. The molecule has 2 aromatic carbocycles. The van der Waals surface area contributed by atoms with Gasteiger partial charge in [0.25, 0.3) is 0 Å². The lowest BCUT2D eigenvalue weighted by Crippen LogP contribution is -2.27. The molecule has 0 bridgehead atoms. The van der Waals surface area contributed by atoms with Crippen molar-refractivity contribution in [3.05, 3.63) is 64.4 Å². The molecular formula is C20H19NO4. The Morgan fingerprint density at radius 1 is 1.08 bits per heavy atom. The summed E-state index contributed by atoms with van der Waals surface area (Å²) in [4.78, 5) is 24.7. The molecule has 128 valence electrons. The summed E-state index contributed by atoms with van der Waals surface area (Å²) in [5.74, 6) is -0.248. The first-order chi connectivity index (χ1) is 11.9. The number of carbonyl (C=O) groups is 2. The highest BCUT2D eigenvalue weighted by Gasteiger charge is 2.27. The molecule has 1 aliphatic heterocycles. The third-order valence-corrected chi connectivity index (χ3v) is 4.03. The van der Waals surface area contributed by atoms with Crippen LogP contribution in [0.25, 0.3) is 0 Å². The Morgan fingerprint density at radius 3 is 2.40 bits per heavy atom. The summed E-state index contributed by atoms with van der Waals surface area (Å²) in [5.41, 5.74) is 3.72. The molecule has 5 nitrogen and oxygen atoms in total. The van der Waals surface area contributed by atoms with Crippen LogP contribution >= 0.6 is 0 Å². The maximum Gasteiger partial charge on any atom is 0.360 e. The van der Waals surface area contributed by atoms with Crippen molar-refractivity contribution in [2.45, 2.75) is 27.7 Å². The van der Waals surface area contributed by atoms with Gasteiger partial charge in [0.05, 0.1) is 11.3 Å². The largest absolute Gasteiger partial charge is 0.423 e. The Hall–Kier alpha value is -3.08. The maximum absolute atomic E-state index is 12.5. The topological polar surface area (TPSA) is 64.6 Å². The van der Waals surface area contributed by atoms with Crippen molar-refractivity contribution in [2.75, 3.05) is 5.32 Å². The first-order valence-electron chi connectivity index (χ1n) is 7.96. The lowest BCUT2D eigenvalue weighted by atomic mass is 10.1. The third kappa shape index (κ3) is 3.26. The molecule has 2 aromatic rings. The average Bonchev–Trinajstić information content (AvgIpc) is 2.56. The second-order valence-corrected chi connectivity index (χ2v) is 6.13. The fraction of sp³-hybridized carbons (Fsp3) is 0.200. The standard InChI is InChI=1S/C20H19NO4/c1-11-9-12(2)18(13(3)10-11)25-19(22)14(4)17-20(23)24-16-8-6-5-7-15(16)21-17/h5-10,21H,1-4H3. The molecule has 5 heteroatoms. The van der Waals surface area contributed by atoms with Crippen LogP contribution in [0.1, 0.15) is 23.6 Å².